The Balaban J connectivity index is 1.99. The molecule has 5 heteroatoms. The minimum Gasteiger partial charge on any atom is -0.494 e. The summed E-state index contributed by atoms with van der Waals surface area (Å²) < 4.78 is 28.8. The van der Waals surface area contributed by atoms with Crippen LogP contribution in [0.3, 0.4) is 0 Å². The minimum absolute atomic E-state index is 0.169. The van der Waals surface area contributed by atoms with E-state index in [4.69, 9.17) is 14.2 Å². The summed E-state index contributed by atoms with van der Waals surface area (Å²) in [5, 5.41) is 0. The normalized spacial score (nSPS) is 10.8. The second-order valence-electron chi connectivity index (χ2n) is 4.96. The first-order valence-electron chi connectivity index (χ1n) is 7.42. The van der Waals surface area contributed by atoms with E-state index < -0.39 is 5.82 Å². The molecule has 0 heterocycles. The topological polar surface area (TPSA) is 44.8 Å². The number of hydrogen-bond acceptors (Lipinski definition) is 4. The van der Waals surface area contributed by atoms with Crippen LogP contribution in [0.4, 0.5) is 4.39 Å². The van der Waals surface area contributed by atoms with Gasteiger partial charge in [0, 0.05) is 12.7 Å². The Morgan fingerprint density at radius 2 is 1.83 bits per heavy atom. The highest BCUT2D eigenvalue weighted by molar-refractivity contribution is 6.06. The van der Waals surface area contributed by atoms with E-state index >= 15 is 0 Å². The molecule has 24 heavy (non-hydrogen) atoms. The fourth-order valence-electron chi connectivity index (χ4n) is 2.01. The lowest BCUT2D eigenvalue weighted by atomic mass is 10.1. The molecule has 0 atom stereocenters. The molecule has 2 rings (SSSR count). The Morgan fingerprint density at radius 1 is 1.08 bits per heavy atom. The van der Waals surface area contributed by atoms with Crippen LogP contribution in [-0.4, -0.2) is 33.2 Å². The van der Waals surface area contributed by atoms with Crippen molar-refractivity contribution in [2.75, 3.05) is 27.4 Å². The second kappa shape index (κ2) is 8.84. The molecule has 0 fully saturated rings. The maximum Gasteiger partial charge on any atom is 0.185 e. The van der Waals surface area contributed by atoms with E-state index in [-0.39, 0.29) is 11.5 Å². The van der Waals surface area contributed by atoms with Crippen molar-refractivity contribution in [3.8, 4) is 11.5 Å². The van der Waals surface area contributed by atoms with E-state index in [0.29, 0.717) is 30.1 Å². The molecule has 2 aromatic carbocycles. The van der Waals surface area contributed by atoms with E-state index in [1.807, 2.05) is 0 Å². The van der Waals surface area contributed by atoms with Gasteiger partial charge in [0.1, 0.15) is 12.4 Å². The maximum absolute atomic E-state index is 13.6. The summed E-state index contributed by atoms with van der Waals surface area (Å²) in [7, 11) is 3.01. The van der Waals surface area contributed by atoms with Crippen molar-refractivity contribution >= 4 is 11.9 Å². The van der Waals surface area contributed by atoms with Crippen LogP contribution in [0.1, 0.15) is 15.9 Å². The molecule has 0 radical (unpaired) electrons. The Kier molecular flexibility index (Phi) is 6.51. The largest absolute Gasteiger partial charge is 0.494 e. The van der Waals surface area contributed by atoms with Gasteiger partial charge in [-0.25, -0.2) is 4.39 Å². The van der Waals surface area contributed by atoms with Gasteiger partial charge in [0.15, 0.2) is 17.3 Å². The lowest BCUT2D eigenvalue weighted by Crippen LogP contribution is -2.04. The molecular weight excluding hydrogens is 311 g/mol. The van der Waals surface area contributed by atoms with Gasteiger partial charge in [0.05, 0.1) is 13.7 Å². The van der Waals surface area contributed by atoms with Gasteiger partial charge < -0.3 is 14.2 Å². The number of methoxy groups -OCH3 is 2. The monoisotopic (exact) mass is 330 g/mol. The fourth-order valence-corrected chi connectivity index (χ4v) is 2.01. The molecule has 0 amide bonds. The van der Waals surface area contributed by atoms with Gasteiger partial charge in [0.2, 0.25) is 0 Å². The van der Waals surface area contributed by atoms with Crippen molar-refractivity contribution in [1.82, 2.24) is 0 Å². The van der Waals surface area contributed by atoms with Crippen molar-refractivity contribution in [3.05, 3.63) is 65.5 Å². The van der Waals surface area contributed by atoms with Crippen molar-refractivity contribution in [2.24, 2.45) is 0 Å². The van der Waals surface area contributed by atoms with E-state index in [2.05, 4.69) is 0 Å². The summed E-state index contributed by atoms with van der Waals surface area (Å²) in [5.74, 6) is 0.201. The number of benzene rings is 2. The molecule has 0 bridgehead atoms. The number of allylic oxidation sites excluding steroid dienone is 1. The van der Waals surface area contributed by atoms with Crippen LogP contribution in [-0.2, 0) is 4.74 Å². The zero-order valence-electron chi connectivity index (χ0n) is 13.6. The predicted molar refractivity (Wildman–Crippen MR) is 90.1 cm³/mol. The molecule has 0 aromatic heterocycles. The molecule has 126 valence electrons. The maximum atomic E-state index is 13.6. The highest BCUT2D eigenvalue weighted by atomic mass is 19.1. The molecule has 0 spiro atoms. The number of ether oxygens (including phenoxy) is 3. The van der Waals surface area contributed by atoms with Crippen LogP contribution < -0.4 is 9.47 Å². The smallest absolute Gasteiger partial charge is 0.185 e. The van der Waals surface area contributed by atoms with E-state index in [1.54, 1.807) is 43.5 Å². The van der Waals surface area contributed by atoms with Gasteiger partial charge in [-0.3, -0.25) is 4.79 Å². The van der Waals surface area contributed by atoms with Crippen LogP contribution in [0.5, 0.6) is 11.5 Å². The van der Waals surface area contributed by atoms with Gasteiger partial charge in [-0.2, -0.15) is 0 Å². The number of hydrogen-bond donors (Lipinski definition) is 0. The molecule has 0 aliphatic heterocycles. The Hall–Kier alpha value is -2.66. The highest BCUT2D eigenvalue weighted by Crippen LogP contribution is 2.19. The molecule has 0 N–H and O–H groups in total. The van der Waals surface area contributed by atoms with Crippen molar-refractivity contribution in [1.29, 1.82) is 0 Å². The zero-order chi connectivity index (χ0) is 17.4. The molecule has 0 aliphatic rings. The zero-order valence-corrected chi connectivity index (χ0v) is 13.6. The Labute approximate surface area is 140 Å². The molecule has 4 nitrogen and oxygen atoms in total. The average molecular weight is 330 g/mol. The van der Waals surface area contributed by atoms with Gasteiger partial charge in [0.25, 0.3) is 0 Å². The second-order valence-corrected chi connectivity index (χ2v) is 4.96. The lowest BCUT2D eigenvalue weighted by molar-refractivity contribution is 0.104. The average Bonchev–Trinajstić information content (AvgIpc) is 2.60. The predicted octanol–water partition coefficient (Wildman–Crippen LogP) is 3.76. The highest BCUT2D eigenvalue weighted by Gasteiger charge is 2.04. The molecule has 2 aromatic rings. The van der Waals surface area contributed by atoms with Crippen molar-refractivity contribution in [2.45, 2.75) is 0 Å². The number of halogens is 1. The summed E-state index contributed by atoms with van der Waals surface area (Å²) in [6, 6.07) is 11.3. The van der Waals surface area contributed by atoms with Gasteiger partial charge >= 0.3 is 0 Å². The number of ketones is 1. The third-order valence-corrected chi connectivity index (χ3v) is 3.30. The van der Waals surface area contributed by atoms with Crippen LogP contribution in [0.25, 0.3) is 6.08 Å². The molecule has 0 saturated carbocycles. The van der Waals surface area contributed by atoms with Crippen LogP contribution >= 0.6 is 0 Å². The quantitative estimate of drug-likeness (QED) is 0.420. The summed E-state index contributed by atoms with van der Waals surface area (Å²) in [4.78, 5) is 12.1. The van der Waals surface area contributed by atoms with E-state index in [1.165, 1.54) is 25.3 Å². The van der Waals surface area contributed by atoms with Crippen LogP contribution in [0.15, 0.2) is 48.5 Å². The summed E-state index contributed by atoms with van der Waals surface area (Å²) in [6.45, 7) is 0.953. The minimum atomic E-state index is -0.468. The summed E-state index contributed by atoms with van der Waals surface area (Å²) >= 11 is 0. The SMILES string of the molecule is COCCOc1ccc(C(=O)/C=C/c2ccc(OC)c(F)c2)cc1. The standard InChI is InChI=1S/C19H19FO4/c1-22-11-12-24-16-7-5-15(6-8-16)18(21)9-3-14-4-10-19(23-2)17(20)13-14/h3-10,13H,11-12H2,1-2H3/b9-3+. The third kappa shape index (κ3) is 4.93. The van der Waals surface area contributed by atoms with E-state index in [9.17, 15) is 9.18 Å². The third-order valence-electron chi connectivity index (χ3n) is 3.30. The van der Waals surface area contributed by atoms with Crippen LogP contribution in [0.2, 0.25) is 0 Å². The Morgan fingerprint density at radius 3 is 2.46 bits per heavy atom. The van der Waals surface area contributed by atoms with Crippen LogP contribution in [0, 0.1) is 5.82 Å². The first-order valence-corrected chi connectivity index (χ1v) is 7.42. The summed E-state index contributed by atoms with van der Waals surface area (Å²) in [5.41, 5.74) is 1.11. The number of carbonyl (C=O) groups excluding carboxylic acids is 1. The van der Waals surface area contributed by atoms with Gasteiger partial charge in [-0.05, 0) is 48.0 Å². The lowest BCUT2D eigenvalue weighted by Gasteiger charge is -2.05. The first kappa shape index (κ1) is 17.7. The molecule has 0 saturated heterocycles. The number of carbonyl (C=O) groups is 1. The first-order chi connectivity index (χ1) is 11.6. The Bertz CT molecular complexity index is 708. The molecular formula is C19H19FO4. The van der Waals surface area contributed by atoms with Gasteiger partial charge in [-0.15, -0.1) is 0 Å². The van der Waals surface area contributed by atoms with Crippen molar-refractivity contribution < 1.29 is 23.4 Å². The van der Waals surface area contributed by atoms with Crippen molar-refractivity contribution in [3.63, 3.8) is 0 Å². The summed E-state index contributed by atoms with van der Waals surface area (Å²) in [6.07, 6.45) is 2.97. The fraction of sp³-hybridized carbons (Fsp3) is 0.211. The van der Waals surface area contributed by atoms with Gasteiger partial charge in [-0.1, -0.05) is 12.1 Å². The molecule has 0 aliphatic carbocycles. The molecule has 0 unspecified atom stereocenters. The number of rotatable bonds is 8. The van der Waals surface area contributed by atoms with E-state index in [0.717, 1.165) is 0 Å².